The minimum atomic E-state index is 0.831. The zero-order valence-corrected chi connectivity index (χ0v) is 8.74. The maximum absolute atomic E-state index is 4.26. The van der Waals surface area contributed by atoms with Crippen molar-refractivity contribution in [1.82, 2.24) is 9.97 Å². The Kier molecular flexibility index (Phi) is 2.71. The summed E-state index contributed by atoms with van der Waals surface area (Å²) in [5.41, 5.74) is 1.10. The summed E-state index contributed by atoms with van der Waals surface area (Å²) in [6, 6.07) is 4.13. The number of aromatic amines is 1. The van der Waals surface area contributed by atoms with Crippen LogP contribution >= 0.6 is 24.0 Å². The lowest BCUT2D eigenvalue weighted by Gasteiger charge is -1.90. The van der Waals surface area contributed by atoms with E-state index in [2.05, 4.69) is 34.0 Å². The van der Waals surface area contributed by atoms with Crippen LogP contribution < -0.4 is 0 Å². The summed E-state index contributed by atoms with van der Waals surface area (Å²) in [6.45, 7) is 0. The van der Waals surface area contributed by atoms with Crippen LogP contribution in [0.4, 0.5) is 0 Å². The Hall–Kier alpha value is -0.740. The van der Waals surface area contributed by atoms with E-state index in [1.807, 2.05) is 12.3 Å². The van der Waals surface area contributed by atoms with Crippen LogP contribution in [-0.2, 0) is 6.42 Å². The highest BCUT2D eigenvalue weighted by Crippen LogP contribution is 2.22. The maximum Gasteiger partial charge on any atom is 0.107 e. The summed E-state index contributed by atoms with van der Waals surface area (Å²) in [5.74, 6) is 1.84. The molecule has 1 N–H and O–H groups in total. The largest absolute Gasteiger partial charge is 0.341 e. The van der Waals surface area contributed by atoms with Crippen LogP contribution in [0.15, 0.2) is 23.7 Å². The van der Waals surface area contributed by atoms with Gasteiger partial charge in [-0.05, 0) is 17.2 Å². The standard InChI is InChI=1S/C9H10N2S2/c12-4-3-9-10-6-7(11-9)8-2-1-5-13-8/h1-2,5-6,12H,3-4H2,(H,10,11). The molecular weight excluding hydrogens is 200 g/mol. The molecule has 4 heteroatoms. The van der Waals surface area contributed by atoms with Gasteiger partial charge < -0.3 is 4.98 Å². The molecule has 0 bridgehead atoms. The molecule has 0 aliphatic heterocycles. The number of thiophene rings is 1. The van der Waals surface area contributed by atoms with Gasteiger partial charge in [-0.15, -0.1) is 11.3 Å². The molecule has 0 aromatic carbocycles. The van der Waals surface area contributed by atoms with E-state index in [0.717, 1.165) is 23.7 Å². The van der Waals surface area contributed by atoms with Gasteiger partial charge in [0.05, 0.1) is 16.8 Å². The zero-order chi connectivity index (χ0) is 9.10. The van der Waals surface area contributed by atoms with Gasteiger partial charge in [-0.1, -0.05) is 6.07 Å². The average molecular weight is 210 g/mol. The van der Waals surface area contributed by atoms with E-state index in [-0.39, 0.29) is 0 Å². The first-order valence-corrected chi connectivity index (χ1v) is 5.60. The number of thiol groups is 1. The number of aryl methyl sites for hydroxylation is 1. The molecule has 2 rings (SSSR count). The molecule has 2 aromatic rings. The van der Waals surface area contributed by atoms with E-state index in [4.69, 9.17) is 0 Å². The van der Waals surface area contributed by atoms with Crippen molar-refractivity contribution >= 4 is 24.0 Å². The predicted molar refractivity (Wildman–Crippen MR) is 59.5 cm³/mol. The third-order valence-electron chi connectivity index (χ3n) is 1.76. The summed E-state index contributed by atoms with van der Waals surface area (Å²) in [4.78, 5) is 8.77. The second-order valence-electron chi connectivity index (χ2n) is 2.69. The molecule has 13 heavy (non-hydrogen) atoms. The molecule has 2 aromatic heterocycles. The van der Waals surface area contributed by atoms with Crippen molar-refractivity contribution in [3.63, 3.8) is 0 Å². The van der Waals surface area contributed by atoms with Crippen LogP contribution in [-0.4, -0.2) is 15.7 Å². The smallest absolute Gasteiger partial charge is 0.107 e. The van der Waals surface area contributed by atoms with Gasteiger partial charge in [0.2, 0.25) is 0 Å². The van der Waals surface area contributed by atoms with Gasteiger partial charge in [-0.2, -0.15) is 12.6 Å². The molecule has 2 nitrogen and oxygen atoms in total. The Labute approximate surface area is 86.4 Å². The highest BCUT2D eigenvalue weighted by atomic mass is 32.1. The molecule has 0 saturated heterocycles. The van der Waals surface area contributed by atoms with Crippen molar-refractivity contribution in [1.29, 1.82) is 0 Å². The van der Waals surface area contributed by atoms with Crippen molar-refractivity contribution in [2.75, 3.05) is 5.75 Å². The first-order valence-electron chi connectivity index (χ1n) is 4.09. The fourth-order valence-corrected chi connectivity index (χ4v) is 2.06. The zero-order valence-electron chi connectivity index (χ0n) is 7.03. The second kappa shape index (κ2) is 3.98. The minimum Gasteiger partial charge on any atom is -0.341 e. The van der Waals surface area contributed by atoms with Crippen molar-refractivity contribution in [2.45, 2.75) is 6.42 Å². The summed E-state index contributed by atoms with van der Waals surface area (Å²) in [5, 5.41) is 2.06. The lowest BCUT2D eigenvalue weighted by molar-refractivity contribution is 1.00. The van der Waals surface area contributed by atoms with Crippen LogP contribution in [0.1, 0.15) is 5.82 Å². The van der Waals surface area contributed by atoms with Gasteiger partial charge in [-0.25, -0.2) is 4.98 Å². The highest BCUT2D eigenvalue weighted by molar-refractivity contribution is 7.80. The number of nitrogens with one attached hydrogen (secondary N) is 1. The van der Waals surface area contributed by atoms with Gasteiger partial charge in [0.15, 0.2) is 0 Å². The number of H-pyrrole nitrogens is 1. The summed E-state index contributed by atoms with van der Waals surface area (Å²) in [6.07, 6.45) is 2.78. The van der Waals surface area contributed by atoms with E-state index >= 15 is 0 Å². The van der Waals surface area contributed by atoms with Gasteiger partial charge in [0.1, 0.15) is 5.82 Å². The number of hydrogen-bond donors (Lipinski definition) is 2. The number of rotatable bonds is 3. The molecule has 68 valence electrons. The first-order chi connectivity index (χ1) is 6.40. The summed E-state index contributed by atoms with van der Waals surface area (Å²) in [7, 11) is 0. The molecule has 0 radical (unpaired) electrons. The Balaban J connectivity index is 2.23. The lowest BCUT2D eigenvalue weighted by Crippen LogP contribution is -1.87. The normalized spacial score (nSPS) is 10.5. The topological polar surface area (TPSA) is 28.7 Å². The van der Waals surface area contributed by atoms with E-state index < -0.39 is 0 Å². The number of aromatic nitrogens is 2. The van der Waals surface area contributed by atoms with Gasteiger partial charge in [-0.3, -0.25) is 0 Å². The van der Waals surface area contributed by atoms with Crippen molar-refractivity contribution < 1.29 is 0 Å². The van der Waals surface area contributed by atoms with Crippen LogP contribution in [0.3, 0.4) is 0 Å². The van der Waals surface area contributed by atoms with Crippen molar-refractivity contribution in [2.24, 2.45) is 0 Å². The predicted octanol–water partition coefficient (Wildman–Crippen LogP) is 2.61. The van der Waals surface area contributed by atoms with Gasteiger partial charge in [0, 0.05) is 6.42 Å². The maximum atomic E-state index is 4.26. The molecular formula is C9H10N2S2. The van der Waals surface area contributed by atoms with E-state index in [0.29, 0.717) is 0 Å². The number of nitrogens with zero attached hydrogens (tertiary/aromatic N) is 1. The van der Waals surface area contributed by atoms with Gasteiger partial charge >= 0.3 is 0 Å². The highest BCUT2D eigenvalue weighted by Gasteiger charge is 2.02. The Morgan fingerprint density at radius 3 is 3.15 bits per heavy atom. The SMILES string of the molecule is SCCc1ncc(-c2cccs2)[nH]1. The molecule has 0 unspecified atom stereocenters. The van der Waals surface area contributed by atoms with Crippen LogP contribution in [0, 0.1) is 0 Å². The second-order valence-corrected chi connectivity index (χ2v) is 4.09. The molecule has 0 aliphatic rings. The molecule has 2 heterocycles. The monoisotopic (exact) mass is 210 g/mol. The van der Waals surface area contributed by atoms with Crippen molar-refractivity contribution in [3.8, 4) is 10.6 Å². The van der Waals surface area contributed by atoms with Crippen LogP contribution in [0.5, 0.6) is 0 Å². The lowest BCUT2D eigenvalue weighted by atomic mass is 10.4. The van der Waals surface area contributed by atoms with E-state index in [1.165, 1.54) is 4.88 Å². The van der Waals surface area contributed by atoms with E-state index in [9.17, 15) is 0 Å². The molecule has 0 spiro atoms. The Morgan fingerprint density at radius 2 is 2.46 bits per heavy atom. The molecule has 0 atom stereocenters. The van der Waals surface area contributed by atoms with Crippen molar-refractivity contribution in [3.05, 3.63) is 29.5 Å². The van der Waals surface area contributed by atoms with E-state index in [1.54, 1.807) is 11.3 Å². The third-order valence-corrected chi connectivity index (χ3v) is 2.89. The van der Waals surface area contributed by atoms with Crippen LogP contribution in [0.25, 0.3) is 10.6 Å². The van der Waals surface area contributed by atoms with Gasteiger partial charge in [0.25, 0.3) is 0 Å². The number of hydrogen-bond acceptors (Lipinski definition) is 3. The fourth-order valence-electron chi connectivity index (χ4n) is 1.15. The third kappa shape index (κ3) is 1.95. The summed E-state index contributed by atoms with van der Waals surface area (Å²) < 4.78 is 0. The molecule has 0 saturated carbocycles. The first kappa shape index (κ1) is 8.84. The number of imidazole rings is 1. The summed E-state index contributed by atoms with van der Waals surface area (Å²) >= 11 is 5.88. The Bertz CT molecular complexity index is 365. The van der Waals surface area contributed by atoms with Crippen LogP contribution in [0.2, 0.25) is 0 Å². The average Bonchev–Trinajstić information content (AvgIpc) is 2.70. The molecule has 0 amide bonds. The molecule has 0 fully saturated rings. The minimum absolute atomic E-state index is 0.831. The molecule has 0 aliphatic carbocycles. The quantitative estimate of drug-likeness (QED) is 0.749. The Morgan fingerprint density at radius 1 is 1.54 bits per heavy atom. The fraction of sp³-hybridized carbons (Fsp3) is 0.222.